The molecule has 2 unspecified atom stereocenters. The smallest absolute Gasteiger partial charge is 0.236 e. The summed E-state index contributed by atoms with van der Waals surface area (Å²) in [4.78, 5) is 16.5. The lowest BCUT2D eigenvalue weighted by atomic mass is 10.00. The Morgan fingerprint density at radius 1 is 1.40 bits per heavy atom. The number of ether oxygens (including phenoxy) is 1. The Bertz CT molecular complexity index is 346. The van der Waals surface area contributed by atoms with Crippen LogP contribution in [0.15, 0.2) is 0 Å². The molecule has 2 saturated heterocycles. The number of piperidine rings is 1. The molecule has 0 aromatic carbocycles. The Kier molecular flexibility index (Phi) is 5.04. The summed E-state index contributed by atoms with van der Waals surface area (Å²) in [6.07, 6.45) is 2.15. The summed E-state index contributed by atoms with van der Waals surface area (Å²) in [5.74, 6) is 0.824. The van der Waals surface area contributed by atoms with Crippen LogP contribution in [0.4, 0.5) is 0 Å². The van der Waals surface area contributed by atoms with Gasteiger partial charge in [-0.15, -0.1) is 0 Å². The molecular weight excluding hydrogens is 256 g/mol. The summed E-state index contributed by atoms with van der Waals surface area (Å²) in [7, 11) is 0. The Morgan fingerprint density at radius 2 is 2.15 bits per heavy atom. The molecule has 20 heavy (non-hydrogen) atoms. The van der Waals surface area contributed by atoms with E-state index in [0.717, 1.165) is 26.1 Å². The standard InChI is InChI=1S/C15H28N2O3/c1-12-5-4-6-17(7-12)14(19)9-16-8-13(10-18)20-15(2,3)11-16/h12-13,18H,4-11H2,1-3H3. The van der Waals surface area contributed by atoms with Crippen LogP contribution < -0.4 is 0 Å². The first-order valence-electron chi connectivity index (χ1n) is 7.68. The summed E-state index contributed by atoms with van der Waals surface area (Å²) in [5, 5.41) is 9.31. The van der Waals surface area contributed by atoms with Gasteiger partial charge in [-0.3, -0.25) is 9.69 Å². The molecule has 5 nitrogen and oxygen atoms in total. The predicted molar refractivity (Wildman–Crippen MR) is 77.5 cm³/mol. The predicted octanol–water partition coefficient (Wildman–Crippen LogP) is 0.717. The average Bonchev–Trinajstić information content (AvgIpc) is 2.36. The molecule has 0 radical (unpaired) electrons. The zero-order chi connectivity index (χ0) is 14.8. The second-order valence-corrected chi connectivity index (χ2v) is 6.94. The van der Waals surface area contributed by atoms with Crippen LogP contribution in [-0.2, 0) is 9.53 Å². The van der Waals surface area contributed by atoms with Crippen molar-refractivity contribution in [3.63, 3.8) is 0 Å². The van der Waals surface area contributed by atoms with Gasteiger partial charge in [0.25, 0.3) is 0 Å². The summed E-state index contributed by atoms with van der Waals surface area (Å²) in [6, 6.07) is 0. The molecule has 0 saturated carbocycles. The number of amides is 1. The number of hydrogen-bond acceptors (Lipinski definition) is 4. The quantitative estimate of drug-likeness (QED) is 0.829. The van der Waals surface area contributed by atoms with E-state index in [-0.39, 0.29) is 24.2 Å². The van der Waals surface area contributed by atoms with Crippen LogP contribution in [0.3, 0.4) is 0 Å². The van der Waals surface area contributed by atoms with Gasteiger partial charge < -0.3 is 14.7 Å². The first kappa shape index (κ1) is 15.7. The van der Waals surface area contributed by atoms with Crippen molar-refractivity contribution in [1.82, 2.24) is 9.80 Å². The average molecular weight is 284 g/mol. The minimum atomic E-state index is -0.304. The fourth-order valence-electron chi connectivity index (χ4n) is 3.34. The number of morpholine rings is 1. The molecule has 0 aliphatic carbocycles. The molecule has 1 N–H and O–H groups in total. The summed E-state index contributed by atoms with van der Waals surface area (Å²) in [6.45, 7) is 9.82. The molecule has 2 aliphatic heterocycles. The van der Waals surface area contributed by atoms with E-state index >= 15 is 0 Å². The summed E-state index contributed by atoms with van der Waals surface area (Å²) < 4.78 is 5.78. The second-order valence-electron chi connectivity index (χ2n) is 6.94. The highest BCUT2D eigenvalue weighted by Gasteiger charge is 2.34. The van der Waals surface area contributed by atoms with Crippen LogP contribution in [0, 0.1) is 5.92 Å². The molecule has 5 heteroatoms. The third kappa shape index (κ3) is 4.17. The number of likely N-dealkylation sites (tertiary alicyclic amines) is 1. The Hall–Kier alpha value is -0.650. The van der Waals surface area contributed by atoms with E-state index in [1.165, 1.54) is 6.42 Å². The fraction of sp³-hybridized carbons (Fsp3) is 0.933. The van der Waals surface area contributed by atoms with Crippen molar-refractivity contribution < 1.29 is 14.6 Å². The lowest BCUT2D eigenvalue weighted by molar-refractivity contribution is -0.157. The van der Waals surface area contributed by atoms with Crippen LogP contribution >= 0.6 is 0 Å². The number of nitrogens with zero attached hydrogens (tertiary/aromatic N) is 2. The Morgan fingerprint density at radius 3 is 2.80 bits per heavy atom. The third-order valence-corrected chi connectivity index (χ3v) is 4.12. The van der Waals surface area contributed by atoms with E-state index in [0.29, 0.717) is 19.0 Å². The Balaban J connectivity index is 1.89. The SMILES string of the molecule is CC1CCCN(C(=O)CN2CC(CO)OC(C)(C)C2)C1. The normalized spacial score (nSPS) is 31.3. The molecule has 1 amide bonds. The van der Waals surface area contributed by atoms with Crippen molar-refractivity contribution in [1.29, 1.82) is 0 Å². The van der Waals surface area contributed by atoms with Crippen molar-refractivity contribution in [2.75, 3.05) is 39.3 Å². The highest BCUT2D eigenvalue weighted by molar-refractivity contribution is 5.78. The van der Waals surface area contributed by atoms with E-state index in [9.17, 15) is 9.90 Å². The number of carbonyl (C=O) groups excluding carboxylic acids is 1. The topological polar surface area (TPSA) is 53.0 Å². The summed E-state index contributed by atoms with van der Waals surface area (Å²) in [5.41, 5.74) is -0.304. The van der Waals surface area contributed by atoms with Gasteiger partial charge >= 0.3 is 0 Å². The van der Waals surface area contributed by atoms with Crippen molar-refractivity contribution in [3.8, 4) is 0 Å². The molecule has 0 spiro atoms. The maximum absolute atomic E-state index is 12.4. The van der Waals surface area contributed by atoms with E-state index in [1.807, 2.05) is 18.7 Å². The van der Waals surface area contributed by atoms with Gasteiger partial charge in [0.2, 0.25) is 5.91 Å². The van der Waals surface area contributed by atoms with Crippen molar-refractivity contribution in [2.45, 2.75) is 45.3 Å². The van der Waals surface area contributed by atoms with Crippen molar-refractivity contribution >= 4 is 5.91 Å². The van der Waals surface area contributed by atoms with Crippen LogP contribution in [0.5, 0.6) is 0 Å². The molecule has 0 aromatic heterocycles. The molecule has 2 fully saturated rings. The number of rotatable bonds is 3. The van der Waals surface area contributed by atoms with E-state index in [4.69, 9.17) is 4.74 Å². The molecule has 2 atom stereocenters. The van der Waals surface area contributed by atoms with Gasteiger partial charge in [0.1, 0.15) is 0 Å². The monoisotopic (exact) mass is 284 g/mol. The van der Waals surface area contributed by atoms with Gasteiger partial charge in [-0.25, -0.2) is 0 Å². The van der Waals surface area contributed by atoms with Gasteiger partial charge in [0.05, 0.1) is 24.9 Å². The Labute approximate surface area is 121 Å². The third-order valence-electron chi connectivity index (χ3n) is 4.12. The molecule has 0 aromatic rings. The van der Waals surface area contributed by atoms with Crippen molar-refractivity contribution in [2.24, 2.45) is 5.92 Å². The number of aliphatic hydroxyl groups excluding tert-OH is 1. The first-order chi connectivity index (χ1) is 9.39. The highest BCUT2D eigenvalue weighted by atomic mass is 16.5. The van der Waals surface area contributed by atoms with Crippen molar-refractivity contribution in [3.05, 3.63) is 0 Å². The fourth-order valence-corrected chi connectivity index (χ4v) is 3.34. The zero-order valence-electron chi connectivity index (χ0n) is 13.0. The van der Waals surface area contributed by atoms with Gasteiger partial charge in [-0.1, -0.05) is 6.92 Å². The molecular formula is C15H28N2O3. The van der Waals surface area contributed by atoms with Crippen LogP contribution in [0.1, 0.15) is 33.6 Å². The van der Waals surface area contributed by atoms with Gasteiger partial charge in [0.15, 0.2) is 0 Å². The van der Waals surface area contributed by atoms with E-state index in [1.54, 1.807) is 0 Å². The number of hydrogen-bond donors (Lipinski definition) is 1. The van der Waals surface area contributed by atoms with Crippen LogP contribution in [0.25, 0.3) is 0 Å². The van der Waals surface area contributed by atoms with Gasteiger partial charge in [-0.2, -0.15) is 0 Å². The van der Waals surface area contributed by atoms with Crippen LogP contribution in [-0.4, -0.2) is 71.8 Å². The lowest BCUT2D eigenvalue weighted by Crippen LogP contribution is -2.56. The lowest BCUT2D eigenvalue weighted by Gasteiger charge is -2.42. The molecule has 2 rings (SSSR count). The maximum atomic E-state index is 12.4. The second kappa shape index (κ2) is 6.41. The van der Waals surface area contributed by atoms with E-state index < -0.39 is 0 Å². The first-order valence-corrected chi connectivity index (χ1v) is 7.68. The number of aliphatic hydroxyl groups is 1. The zero-order valence-corrected chi connectivity index (χ0v) is 13.0. The molecule has 0 bridgehead atoms. The maximum Gasteiger partial charge on any atom is 0.236 e. The van der Waals surface area contributed by atoms with Gasteiger partial charge in [0, 0.05) is 26.2 Å². The minimum Gasteiger partial charge on any atom is -0.394 e. The van der Waals surface area contributed by atoms with E-state index in [2.05, 4.69) is 11.8 Å². The number of carbonyl (C=O) groups is 1. The highest BCUT2D eigenvalue weighted by Crippen LogP contribution is 2.21. The minimum absolute atomic E-state index is 0.00880. The summed E-state index contributed by atoms with van der Waals surface area (Å²) >= 11 is 0. The molecule has 2 aliphatic rings. The van der Waals surface area contributed by atoms with Gasteiger partial charge in [-0.05, 0) is 32.6 Å². The molecule has 116 valence electrons. The largest absolute Gasteiger partial charge is 0.394 e. The van der Waals surface area contributed by atoms with Crippen LogP contribution in [0.2, 0.25) is 0 Å². The molecule has 2 heterocycles.